The molecule has 184 valence electrons. The molecule has 0 saturated heterocycles. The molecule has 2 aromatic carbocycles. The summed E-state index contributed by atoms with van der Waals surface area (Å²) in [4.78, 5) is 32.3. The number of primary amides is 1. The Balaban J connectivity index is 1.42. The molecular formula is C22H17F3N8O3. The van der Waals surface area contributed by atoms with Gasteiger partial charge < -0.3 is 26.4 Å². The first-order chi connectivity index (χ1) is 17.2. The van der Waals surface area contributed by atoms with Crippen molar-refractivity contribution in [3.63, 3.8) is 0 Å². The SMILES string of the molecule is NC(=O)c1c(Nc2cnccn2)n[nH]c1-c1ccc(NC(=O)Nc2ccc(OC(F)(F)F)cc2)cc1. The van der Waals surface area contributed by atoms with Gasteiger partial charge in [0.05, 0.1) is 11.9 Å². The smallest absolute Gasteiger partial charge is 0.406 e. The van der Waals surface area contributed by atoms with Crippen molar-refractivity contribution in [3.05, 3.63) is 72.7 Å². The van der Waals surface area contributed by atoms with Gasteiger partial charge in [-0.3, -0.25) is 14.9 Å². The molecule has 4 aromatic rings. The van der Waals surface area contributed by atoms with Crippen LogP contribution in [-0.4, -0.2) is 38.5 Å². The van der Waals surface area contributed by atoms with Crippen LogP contribution in [0.25, 0.3) is 11.3 Å². The van der Waals surface area contributed by atoms with E-state index in [9.17, 15) is 22.8 Å². The number of carbonyl (C=O) groups is 2. The minimum Gasteiger partial charge on any atom is -0.406 e. The van der Waals surface area contributed by atoms with E-state index in [0.29, 0.717) is 22.8 Å². The third-order valence-electron chi connectivity index (χ3n) is 4.60. The molecule has 14 heteroatoms. The normalized spacial score (nSPS) is 11.0. The Kier molecular flexibility index (Phi) is 6.67. The summed E-state index contributed by atoms with van der Waals surface area (Å²) in [6.45, 7) is 0. The lowest BCUT2D eigenvalue weighted by atomic mass is 10.1. The molecule has 6 N–H and O–H groups in total. The highest BCUT2D eigenvalue weighted by atomic mass is 19.4. The summed E-state index contributed by atoms with van der Waals surface area (Å²) < 4.78 is 40.5. The highest BCUT2D eigenvalue weighted by Gasteiger charge is 2.31. The minimum absolute atomic E-state index is 0.108. The number of halogens is 3. The number of nitrogens with zero attached hydrogens (tertiary/aromatic N) is 3. The van der Waals surface area contributed by atoms with Gasteiger partial charge in [0.1, 0.15) is 17.1 Å². The number of H-pyrrole nitrogens is 1. The molecule has 11 nitrogen and oxygen atoms in total. The van der Waals surface area contributed by atoms with Crippen molar-refractivity contribution in [2.45, 2.75) is 6.36 Å². The highest BCUT2D eigenvalue weighted by molar-refractivity contribution is 6.04. The lowest BCUT2D eigenvalue weighted by Gasteiger charge is -2.11. The second-order valence-electron chi connectivity index (χ2n) is 7.13. The number of hydrogen-bond donors (Lipinski definition) is 5. The molecular weight excluding hydrogens is 481 g/mol. The average Bonchev–Trinajstić information content (AvgIpc) is 3.24. The molecule has 0 saturated carbocycles. The van der Waals surface area contributed by atoms with E-state index in [1.807, 2.05) is 0 Å². The number of urea groups is 1. The number of aromatic nitrogens is 4. The summed E-state index contributed by atoms with van der Waals surface area (Å²) in [5, 5.41) is 14.8. The van der Waals surface area contributed by atoms with Crippen LogP contribution in [-0.2, 0) is 0 Å². The zero-order chi connectivity index (χ0) is 25.7. The van der Waals surface area contributed by atoms with E-state index >= 15 is 0 Å². The summed E-state index contributed by atoms with van der Waals surface area (Å²) >= 11 is 0. The van der Waals surface area contributed by atoms with Gasteiger partial charge in [-0.05, 0) is 36.4 Å². The third-order valence-corrected chi connectivity index (χ3v) is 4.60. The minimum atomic E-state index is -4.80. The maximum Gasteiger partial charge on any atom is 0.573 e. The summed E-state index contributed by atoms with van der Waals surface area (Å²) in [6, 6.07) is 10.5. The fourth-order valence-electron chi connectivity index (χ4n) is 3.12. The predicted molar refractivity (Wildman–Crippen MR) is 124 cm³/mol. The standard InChI is InChI=1S/C22H17F3N8O3/c23-22(24,25)36-15-7-5-14(6-8-15)30-21(35)29-13-3-1-12(2-4-13)18-17(19(26)34)20(33-32-18)31-16-11-27-9-10-28-16/h1-11H,(H2,26,34)(H2,29,30,35)(H2,28,31,32,33). The van der Waals surface area contributed by atoms with Crippen molar-refractivity contribution in [2.24, 2.45) is 5.73 Å². The molecule has 0 fully saturated rings. The number of amides is 3. The molecule has 4 rings (SSSR count). The Labute approximate surface area is 200 Å². The van der Waals surface area contributed by atoms with Crippen LogP contribution in [0.15, 0.2) is 67.1 Å². The van der Waals surface area contributed by atoms with Crippen LogP contribution in [0.4, 0.5) is 41.0 Å². The summed E-state index contributed by atoms with van der Waals surface area (Å²) in [7, 11) is 0. The van der Waals surface area contributed by atoms with Crippen LogP contribution < -0.4 is 26.4 Å². The topological polar surface area (TPSA) is 160 Å². The molecule has 0 bridgehead atoms. The van der Waals surface area contributed by atoms with Gasteiger partial charge >= 0.3 is 12.4 Å². The van der Waals surface area contributed by atoms with Crippen LogP contribution in [0.3, 0.4) is 0 Å². The van der Waals surface area contributed by atoms with E-state index in [-0.39, 0.29) is 17.1 Å². The second-order valence-corrected chi connectivity index (χ2v) is 7.13. The van der Waals surface area contributed by atoms with Crippen molar-refractivity contribution < 1.29 is 27.5 Å². The molecule has 0 spiro atoms. The zero-order valence-corrected chi connectivity index (χ0v) is 18.1. The lowest BCUT2D eigenvalue weighted by Crippen LogP contribution is -2.19. The molecule has 0 unspecified atom stereocenters. The fraction of sp³-hybridized carbons (Fsp3) is 0.0455. The maximum absolute atomic E-state index is 12.2. The fourth-order valence-corrected chi connectivity index (χ4v) is 3.12. The van der Waals surface area contributed by atoms with Crippen LogP contribution >= 0.6 is 0 Å². The van der Waals surface area contributed by atoms with Gasteiger partial charge in [0.15, 0.2) is 5.82 Å². The van der Waals surface area contributed by atoms with Gasteiger partial charge in [-0.2, -0.15) is 5.10 Å². The van der Waals surface area contributed by atoms with Gasteiger partial charge in [0.2, 0.25) is 0 Å². The summed E-state index contributed by atoms with van der Waals surface area (Å²) in [5.74, 6) is -0.594. The van der Waals surface area contributed by atoms with Gasteiger partial charge in [-0.1, -0.05) is 12.1 Å². The number of aromatic amines is 1. The van der Waals surface area contributed by atoms with Gasteiger partial charge in [0, 0.05) is 29.3 Å². The Morgan fingerprint density at radius 1 is 0.944 bits per heavy atom. The number of anilines is 4. The number of carbonyl (C=O) groups excluding carboxylic acids is 2. The van der Waals surface area contributed by atoms with Crippen LogP contribution in [0.1, 0.15) is 10.4 Å². The molecule has 36 heavy (non-hydrogen) atoms. The van der Waals surface area contributed by atoms with Crippen molar-refractivity contribution in [3.8, 4) is 17.0 Å². The van der Waals surface area contributed by atoms with Crippen LogP contribution in [0.5, 0.6) is 5.75 Å². The number of benzene rings is 2. The first kappa shape index (κ1) is 24.0. The molecule has 0 atom stereocenters. The number of hydrogen-bond acceptors (Lipinski definition) is 7. The van der Waals surface area contributed by atoms with E-state index in [1.165, 1.54) is 30.7 Å². The second kappa shape index (κ2) is 10.0. The molecule has 3 amide bonds. The Morgan fingerprint density at radius 3 is 2.14 bits per heavy atom. The van der Waals surface area contributed by atoms with Gasteiger partial charge in [0.25, 0.3) is 5.91 Å². The molecule has 0 radical (unpaired) electrons. The number of rotatable bonds is 7. The maximum atomic E-state index is 12.2. The monoisotopic (exact) mass is 498 g/mol. The molecule has 2 heterocycles. The van der Waals surface area contributed by atoms with E-state index < -0.39 is 24.1 Å². The first-order valence-corrected chi connectivity index (χ1v) is 10.1. The Bertz CT molecular complexity index is 1360. The zero-order valence-electron chi connectivity index (χ0n) is 18.1. The quantitative estimate of drug-likeness (QED) is 0.255. The Morgan fingerprint density at radius 2 is 1.58 bits per heavy atom. The van der Waals surface area contributed by atoms with Crippen molar-refractivity contribution in [2.75, 3.05) is 16.0 Å². The third kappa shape index (κ3) is 6.05. The number of ether oxygens (including phenoxy) is 1. The molecule has 0 aliphatic rings. The summed E-state index contributed by atoms with van der Waals surface area (Å²) in [6.07, 6.45) is -0.384. The van der Waals surface area contributed by atoms with E-state index in [4.69, 9.17) is 5.73 Å². The van der Waals surface area contributed by atoms with Crippen LogP contribution in [0, 0.1) is 0 Å². The van der Waals surface area contributed by atoms with Gasteiger partial charge in [-0.25, -0.2) is 9.78 Å². The largest absolute Gasteiger partial charge is 0.573 e. The number of nitrogens with two attached hydrogens (primary N) is 1. The summed E-state index contributed by atoms with van der Waals surface area (Å²) in [5.41, 5.74) is 7.24. The highest BCUT2D eigenvalue weighted by Crippen LogP contribution is 2.29. The van der Waals surface area contributed by atoms with Crippen molar-refractivity contribution in [1.29, 1.82) is 0 Å². The number of alkyl halides is 3. The van der Waals surface area contributed by atoms with E-state index in [2.05, 4.69) is 40.9 Å². The lowest BCUT2D eigenvalue weighted by molar-refractivity contribution is -0.274. The molecule has 2 aromatic heterocycles. The first-order valence-electron chi connectivity index (χ1n) is 10.1. The van der Waals surface area contributed by atoms with E-state index in [0.717, 1.165) is 12.1 Å². The average molecular weight is 498 g/mol. The van der Waals surface area contributed by atoms with Gasteiger partial charge in [-0.15, -0.1) is 13.2 Å². The molecule has 0 aliphatic heterocycles. The van der Waals surface area contributed by atoms with E-state index in [1.54, 1.807) is 24.3 Å². The van der Waals surface area contributed by atoms with Crippen molar-refractivity contribution in [1.82, 2.24) is 20.2 Å². The predicted octanol–water partition coefficient (Wildman–Crippen LogP) is 4.25. The Hall–Kier alpha value is -5.14. The van der Waals surface area contributed by atoms with Crippen LogP contribution in [0.2, 0.25) is 0 Å². The van der Waals surface area contributed by atoms with Crippen molar-refractivity contribution >= 4 is 34.9 Å². The molecule has 0 aliphatic carbocycles. The number of nitrogens with one attached hydrogen (secondary N) is 4.